The van der Waals surface area contributed by atoms with Crippen LogP contribution in [-0.4, -0.2) is 42.1 Å². The third kappa shape index (κ3) is 4.61. The van der Waals surface area contributed by atoms with E-state index in [1.54, 1.807) is 19.1 Å². The van der Waals surface area contributed by atoms with E-state index in [1.807, 2.05) is 18.2 Å². The molecule has 0 aliphatic carbocycles. The van der Waals surface area contributed by atoms with Crippen LogP contribution in [0.4, 0.5) is 18.4 Å². The number of rotatable bonds is 5. The Kier molecular flexibility index (Phi) is 6.87. The molecule has 0 N–H and O–H groups in total. The number of esters is 1. The van der Waals surface area contributed by atoms with Crippen LogP contribution >= 0.6 is 0 Å². The number of nitrogens with zero attached hydrogens (tertiary/aromatic N) is 2. The Morgan fingerprint density at radius 3 is 2.38 bits per heavy atom. The van der Waals surface area contributed by atoms with Crippen molar-refractivity contribution in [2.24, 2.45) is 0 Å². The van der Waals surface area contributed by atoms with E-state index in [0.29, 0.717) is 11.3 Å². The summed E-state index contributed by atoms with van der Waals surface area (Å²) in [5.74, 6) is -2.84. The number of benzene rings is 2. The van der Waals surface area contributed by atoms with Gasteiger partial charge in [-0.3, -0.25) is 4.79 Å². The Bertz CT molecular complexity index is 1070. The van der Waals surface area contributed by atoms with Gasteiger partial charge < -0.3 is 14.4 Å². The van der Waals surface area contributed by atoms with E-state index in [2.05, 4.69) is 0 Å². The lowest BCUT2D eigenvalue weighted by molar-refractivity contribution is -0.144. The second kappa shape index (κ2) is 9.59. The van der Waals surface area contributed by atoms with Crippen LogP contribution in [0.3, 0.4) is 0 Å². The average molecular weight is 444 g/mol. The maximum absolute atomic E-state index is 14.0. The number of amides is 3. The number of imide groups is 1. The predicted octanol–water partition coefficient (Wildman–Crippen LogP) is 4.55. The van der Waals surface area contributed by atoms with Crippen LogP contribution in [0.2, 0.25) is 0 Å². The Labute approximate surface area is 183 Å². The van der Waals surface area contributed by atoms with Gasteiger partial charge >= 0.3 is 18.1 Å². The molecule has 1 aliphatic rings. The number of hydrogen-bond donors (Lipinski definition) is 0. The number of ether oxygens (including phenoxy) is 2. The van der Waals surface area contributed by atoms with Gasteiger partial charge in [0.05, 0.1) is 19.6 Å². The lowest BCUT2D eigenvalue weighted by Crippen LogP contribution is -2.50. The zero-order chi connectivity index (χ0) is 23.4. The Morgan fingerprint density at radius 2 is 1.75 bits per heavy atom. The molecule has 3 rings (SSSR count). The molecular formula is C23H22F2N2O5. The molecule has 1 unspecified atom stereocenters. The molecule has 2 aromatic carbocycles. The molecule has 0 saturated heterocycles. The molecular weight excluding hydrogens is 422 g/mol. The minimum atomic E-state index is -1.18. The van der Waals surface area contributed by atoms with Gasteiger partial charge in [0.1, 0.15) is 6.61 Å². The maximum atomic E-state index is 14.0. The van der Waals surface area contributed by atoms with E-state index in [0.717, 1.165) is 29.7 Å². The summed E-state index contributed by atoms with van der Waals surface area (Å²) in [6.45, 7) is 1.64. The molecule has 2 aromatic rings. The third-order valence-corrected chi connectivity index (χ3v) is 5.26. The van der Waals surface area contributed by atoms with Crippen molar-refractivity contribution in [2.45, 2.75) is 26.0 Å². The number of hydrogen-bond acceptors (Lipinski definition) is 5. The highest BCUT2D eigenvalue weighted by Crippen LogP contribution is 2.39. The van der Waals surface area contributed by atoms with Crippen molar-refractivity contribution >= 4 is 18.1 Å². The highest BCUT2D eigenvalue weighted by atomic mass is 19.2. The summed E-state index contributed by atoms with van der Waals surface area (Å²) in [4.78, 5) is 39.9. The second-order valence-corrected chi connectivity index (χ2v) is 7.19. The molecule has 3 amide bonds. The third-order valence-electron chi connectivity index (χ3n) is 5.26. The van der Waals surface area contributed by atoms with Gasteiger partial charge in [0.25, 0.3) is 0 Å². The van der Waals surface area contributed by atoms with Crippen LogP contribution < -0.4 is 0 Å². The van der Waals surface area contributed by atoms with Crippen molar-refractivity contribution in [3.05, 3.63) is 82.6 Å². The van der Waals surface area contributed by atoms with E-state index in [4.69, 9.17) is 9.47 Å². The molecule has 0 aromatic heterocycles. The van der Waals surface area contributed by atoms with Gasteiger partial charge in [-0.1, -0.05) is 36.4 Å². The molecule has 0 radical (unpaired) electrons. The predicted molar refractivity (Wildman–Crippen MR) is 110 cm³/mol. The molecule has 9 heteroatoms. The first-order chi connectivity index (χ1) is 15.2. The minimum Gasteiger partial charge on any atom is -0.461 e. The minimum absolute atomic E-state index is 0.0390. The monoisotopic (exact) mass is 444 g/mol. The van der Waals surface area contributed by atoms with Gasteiger partial charge in [0.15, 0.2) is 11.6 Å². The smallest absolute Gasteiger partial charge is 0.418 e. The van der Waals surface area contributed by atoms with E-state index >= 15 is 0 Å². The molecule has 7 nitrogen and oxygen atoms in total. The molecule has 1 aliphatic heterocycles. The fourth-order valence-corrected chi connectivity index (χ4v) is 3.47. The second-order valence-electron chi connectivity index (χ2n) is 7.19. The number of urea groups is 1. The van der Waals surface area contributed by atoms with Gasteiger partial charge in [-0.25, -0.2) is 23.3 Å². The average Bonchev–Trinajstić information content (AvgIpc) is 2.80. The van der Waals surface area contributed by atoms with E-state index in [1.165, 1.54) is 18.0 Å². The first-order valence-electron chi connectivity index (χ1n) is 9.73. The quantitative estimate of drug-likeness (QED) is 0.633. The zero-order valence-corrected chi connectivity index (χ0v) is 17.8. The van der Waals surface area contributed by atoms with Gasteiger partial charge in [0, 0.05) is 12.7 Å². The summed E-state index contributed by atoms with van der Waals surface area (Å²) in [7, 11) is 2.53. The van der Waals surface area contributed by atoms with E-state index < -0.39 is 35.8 Å². The fourth-order valence-electron chi connectivity index (χ4n) is 3.47. The SMILES string of the molecule is COC(=O)N1C(=O)N(C)C(C)=C(CC(=O)OCc2ccccc2)C1c1ccc(F)c(F)c1. The number of carbonyl (C=O) groups is 3. The summed E-state index contributed by atoms with van der Waals surface area (Å²) in [5, 5.41) is 0. The molecule has 1 heterocycles. The maximum Gasteiger partial charge on any atom is 0.418 e. The first-order valence-corrected chi connectivity index (χ1v) is 9.73. The summed E-state index contributed by atoms with van der Waals surface area (Å²) >= 11 is 0. The Morgan fingerprint density at radius 1 is 1.06 bits per heavy atom. The van der Waals surface area contributed by atoms with Crippen LogP contribution in [0.5, 0.6) is 0 Å². The topological polar surface area (TPSA) is 76.2 Å². The summed E-state index contributed by atoms with van der Waals surface area (Å²) < 4.78 is 37.6. The van der Waals surface area contributed by atoms with Crippen molar-refractivity contribution in [2.75, 3.05) is 14.2 Å². The molecule has 0 spiro atoms. The molecule has 1 atom stereocenters. The number of carbonyl (C=O) groups excluding carboxylic acids is 3. The van der Waals surface area contributed by atoms with Crippen molar-refractivity contribution in [3.63, 3.8) is 0 Å². The highest BCUT2D eigenvalue weighted by molar-refractivity contribution is 5.94. The molecule has 0 bridgehead atoms. The fraction of sp³-hybridized carbons (Fsp3) is 0.261. The van der Waals surface area contributed by atoms with Gasteiger partial charge in [-0.05, 0) is 35.8 Å². The van der Waals surface area contributed by atoms with Crippen LogP contribution in [0.1, 0.15) is 30.5 Å². The summed E-state index contributed by atoms with van der Waals surface area (Å²) in [5.41, 5.74) is 1.61. The lowest BCUT2D eigenvalue weighted by atomic mass is 9.91. The number of halogens is 2. The molecule has 32 heavy (non-hydrogen) atoms. The zero-order valence-electron chi connectivity index (χ0n) is 17.8. The molecule has 0 saturated carbocycles. The normalized spacial score (nSPS) is 16.3. The van der Waals surface area contributed by atoms with Crippen molar-refractivity contribution in [1.82, 2.24) is 9.80 Å². The Hall–Kier alpha value is -3.75. The molecule has 168 valence electrons. The molecule has 0 fully saturated rings. The van der Waals surface area contributed by atoms with Crippen molar-refractivity contribution in [1.29, 1.82) is 0 Å². The van der Waals surface area contributed by atoms with Crippen molar-refractivity contribution < 1.29 is 32.6 Å². The van der Waals surface area contributed by atoms with Crippen molar-refractivity contribution in [3.8, 4) is 0 Å². The van der Waals surface area contributed by atoms with Gasteiger partial charge in [-0.2, -0.15) is 0 Å². The lowest BCUT2D eigenvalue weighted by Gasteiger charge is -2.40. The number of methoxy groups -OCH3 is 1. The van der Waals surface area contributed by atoms with Crippen LogP contribution in [0, 0.1) is 11.6 Å². The van der Waals surface area contributed by atoms with Crippen LogP contribution in [0.15, 0.2) is 59.8 Å². The summed E-state index contributed by atoms with van der Waals surface area (Å²) in [6.07, 6.45) is -1.28. The van der Waals surface area contributed by atoms with E-state index in [9.17, 15) is 23.2 Å². The largest absolute Gasteiger partial charge is 0.461 e. The van der Waals surface area contributed by atoms with E-state index in [-0.39, 0.29) is 18.6 Å². The highest BCUT2D eigenvalue weighted by Gasteiger charge is 2.42. The van der Waals surface area contributed by atoms with Crippen LogP contribution in [0.25, 0.3) is 0 Å². The first kappa shape index (κ1) is 22.9. The summed E-state index contributed by atoms with van der Waals surface area (Å²) in [6, 6.07) is 10.2. The standard InChI is InChI=1S/C23H22F2N2O5/c1-14-17(12-20(28)32-13-15-7-5-4-6-8-15)21(16-9-10-18(24)19(25)11-16)27(23(30)31-3)22(29)26(14)2/h4-11,21H,12-13H2,1-3H3. The number of allylic oxidation sites excluding steroid dienone is 1. The Balaban J connectivity index is 1.98. The van der Waals surface area contributed by atoms with Gasteiger partial charge in [-0.15, -0.1) is 0 Å². The van der Waals surface area contributed by atoms with Gasteiger partial charge in [0.2, 0.25) is 0 Å². The van der Waals surface area contributed by atoms with Crippen LogP contribution in [-0.2, 0) is 20.9 Å².